The second-order valence-corrected chi connectivity index (χ2v) is 12.1. The molecule has 0 radical (unpaired) electrons. The molecule has 0 aromatic rings. The normalized spacial score (nSPS) is 44.3. The van der Waals surface area contributed by atoms with Crippen LogP contribution in [0.5, 0.6) is 0 Å². The Hall–Kier alpha value is -0.670. The van der Waals surface area contributed by atoms with Gasteiger partial charge >= 0.3 is 0 Å². The number of ketones is 1. The van der Waals surface area contributed by atoms with Gasteiger partial charge < -0.3 is 10.2 Å². The Balaban J connectivity index is 1.57. The molecular weight excluding hydrogens is 372 g/mol. The first kappa shape index (κ1) is 22.5. The molecule has 0 aromatic heterocycles. The average Bonchev–Trinajstić information content (AvgIpc) is 3.04. The fourth-order valence-electron chi connectivity index (χ4n) is 8.52. The van der Waals surface area contributed by atoms with Crippen molar-refractivity contribution in [1.82, 2.24) is 0 Å². The van der Waals surface area contributed by atoms with Gasteiger partial charge in [0.2, 0.25) is 0 Å². The van der Waals surface area contributed by atoms with Crippen molar-refractivity contribution in [2.24, 2.45) is 46.3 Å². The van der Waals surface area contributed by atoms with E-state index in [1.165, 1.54) is 38.5 Å². The largest absolute Gasteiger partial charge is 0.395 e. The van der Waals surface area contributed by atoms with Gasteiger partial charge in [-0.25, -0.2) is 0 Å². The lowest BCUT2D eigenvalue weighted by Crippen LogP contribution is -2.55. The van der Waals surface area contributed by atoms with Crippen molar-refractivity contribution < 1.29 is 15.0 Å². The zero-order chi connectivity index (χ0) is 21.7. The molecular formula is C27H44O3. The van der Waals surface area contributed by atoms with E-state index in [4.69, 9.17) is 0 Å². The first-order valence-electron chi connectivity index (χ1n) is 12.8. The molecule has 3 fully saturated rings. The number of allylic oxidation sites excluding steroid dienone is 1. The van der Waals surface area contributed by atoms with Gasteiger partial charge in [0.1, 0.15) is 0 Å². The highest BCUT2D eigenvalue weighted by Gasteiger charge is 2.62. The van der Waals surface area contributed by atoms with E-state index in [-0.39, 0.29) is 35.4 Å². The highest BCUT2D eigenvalue weighted by atomic mass is 16.3. The lowest BCUT2D eigenvalue weighted by Gasteiger charge is -2.58. The zero-order valence-electron chi connectivity index (χ0n) is 19.7. The molecule has 0 bridgehead atoms. The van der Waals surface area contributed by atoms with Crippen molar-refractivity contribution in [3.63, 3.8) is 0 Å². The summed E-state index contributed by atoms with van der Waals surface area (Å²) in [6.45, 7) is 9.72. The maximum Gasteiger partial charge on any atom is 0.159 e. The van der Waals surface area contributed by atoms with Gasteiger partial charge in [0.15, 0.2) is 5.78 Å². The summed E-state index contributed by atoms with van der Waals surface area (Å²) in [7, 11) is 0. The van der Waals surface area contributed by atoms with Gasteiger partial charge in [0.05, 0.1) is 12.7 Å². The topological polar surface area (TPSA) is 57.5 Å². The molecule has 3 saturated carbocycles. The Morgan fingerprint density at radius 1 is 1.07 bits per heavy atom. The summed E-state index contributed by atoms with van der Waals surface area (Å²) in [4.78, 5) is 13.4. The first-order valence-corrected chi connectivity index (χ1v) is 12.8. The monoisotopic (exact) mass is 416 g/mol. The molecule has 3 heteroatoms. The van der Waals surface area contributed by atoms with E-state index < -0.39 is 0 Å². The maximum atomic E-state index is 13.4. The predicted octanol–water partition coefficient (Wildman–Crippen LogP) is 5.54. The van der Waals surface area contributed by atoms with Gasteiger partial charge in [0.25, 0.3) is 0 Å². The van der Waals surface area contributed by atoms with Crippen molar-refractivity contribution in [2.75, 3.05) is 6.61 Å². The molecule has 8 unspecified atom stereocenters. The van der Waals surface area contributed by atoms with Crippen LogP contribution >= 0.6 is 0 Å². The van der Waals surface area contributed by atoms with Crippen LogP contribution in [0.25, 0.3) is 0 Å². The van der Waals surface area contributed by atoms with Crippen LogP contribution in [0, 0.1) is 46.3 Å². The molecule has 0 spiro atoms. The second kappa shape index (κ2) is 8.35. The van der Waals surface area contributed by atoms with Crippen LogP contribution in [0.2, 0.25) is 0 Å². The Morgan fingerprint density at radius 2 is 1.83 bits per heavy atom. The van der Waals surface area contributed by atoms with Crippen molar-refractivity contribution in [2.45, 2.75) is 98.0 Å². The molecule has 2 N–H and O–H groups in total. The quantitative estimate of drug-likeness (QED) is 0.598. The Morgan fingerprint density at radius 3 is 2.53 bits per heavy atom. The van der Waals surface area contributed by atoms with E-state index in [1.54, 1.807) is 0 Å². The van der Waals surface area contributed by atoms with E-state index in [1.807, 2.05) is 6.08 Å². The minimum Gasteiger partial charge on any atom is -0.395 e. The third-order valence-electron chi connectivity index (χ3n) is 10.1. The smallest absolute Gasteiger partial charge is 0.159 e. The number of carbonyl (C=O) groups is 1. The van der Waals surface area contributed by atoms with Crippen molar-refractivity contribution in [1.29, 1.82) is 0 Å². The second-order valence-electron chi connectivity index (χ2n) is 12.1. The van der Waals surface area contributed by atoms with Crippen LogP contribution < -0.4 is 0 Å². The minimum atomic E-state index is -0.350. The number of carbonyl (C=O) groups excluding carboxylic acids is 1. The van der Waals surface area contributed by atoms with E-state index in [0.717, 1.165) is 42.6 Å². The van der Waals surface area contributed by atoms with Crippen LogP contribution in [0.1, 0.15) is 91.9 Å². The zero-order valence-corrected chi connectivity index (χ0v) is 19.7. The van der Waals surface area contributed by atoms with Gasteiger partial charge in [-0.2, -0.15) is 0 Å². The molecule has 0 saturated heterocycles. The van der Waals surface area contributed by atoms with Crippen molar-refractivity contribution >= 4 is 5.78 Å². The minimum absolute atomic E-state index is 0.0859. The molecule has 0 aromatic carbocycles. The van der Waals surface area contributed by atoms with E-state index in [0.29, 0.717) is 18.1 Å². The van der Waals surface area contributed by atoms with Crippen LogP contribution in [-0.2, 0) is 4.79 Å². The highest BCUT2D eigenvalue weighted by Crippen LogP contribution is 2.66. The summed E-state index contributed by atoms with van der Waals surface area (Å²) in [5.41, 5.74) is 1.07. The summed E-state index contributed by atoms with van der Waals surface area (Å²) in [5.74, 6) is 3.37. The van der Waals surface area contributed by atoms with Gasteiger partial charge in [-0.1, -0.05) is 52.5 Å². The Bertz CT molecular complexity index is 682. The lowest BCUT2D eigenvalue weighted by molar-refractivity contribution is -0.138. The molecule has 3 nitrogen and oxygen atoms in total. The summed E-state index contributed by atoms with van der Waals surface area (Å²) in [6.07, 6.45) is 12.3. The van der Waals surface area contributed by atoms with Gasteiger partial charge in [-0.15, -0.1) is 0 Å². The molecule has 170 valence electrons. The number of fused-ring (bicyclic) bond motifs is 5. The fourth-order valence-corrected chi connectivity index (χ4v) is 8.52. The van der Waals surface area contributed by atoms with Crippen LogP contribution in [-0.4, -0.2) is 28.7 Å². The van der Waals surface area contributed by atoms with E-state index in [9.17, 15) is 15.0 Å². The molecule has 0 amide bonds. The highest BCUT2D eigenvalue weighted by molar-refractivity contribution is 5.94. The maximum absolute atomic E-state index is 13.4. The Kier molecular flexibility index (Phi) is 6.27. The SMILES string of the molecule is CC(C)CCCC(C)C1CCC2C3C(=O)C=C4CC(O)CCC4(CO)C3CCC12C. The van der Waals surface area contributed by atoms with Gasteiger partial charge in [-0.3, -0.25) is 4.79 Å². The standard InChI is InChI=1S/C27H44O3/c1-17(2)6-5-7-18(3)21-8-9-22-25-23(11-12-26(21,22)4)27(16-28)13-10-20(29)14-19(27)15-24(25)30/h15,17-18,20-23,25,28-29H,5-14,16H2,1-4H3. The van der Waals surface area contributed by atoms with Gasteiger partial charge in [-0.05, 0) is 86.0 Å². The number of rotatable bonds is 6. The first-order chi connectivity index (χ1) is 14.2. The lowest BCUT2D eigenvalue weighted by atomic mass is 9.46. The number of aliphatic hydroxyl groups excluding tert-OH is 2. The van der Waals surface area contributed by atoms with E-state index >= 15 is 0 Å². The molecule has 4 aliphatic rings. The van der Waals surface area contributed by atoms with Gasteiger partial charge in [0, 0.05) is 11.3 Å². The summed E-state index contributed by atoms with van der Waals surface area (Å²) < 4.78 is 0. The molecule has 0 heterocycles. The third-order valence-corrected chi connectivity index (χ3v) is 10.1. The summed E-state index contributed by atoms with van der Waals surface area (Å²) >= 11 is 0. The van der Waals surface area contributed by atoms with Crippen LogP contribution in [0.15, 0.2) is 11.6 Å². The van der Waals surface area contributed by atoms with Crippen molar-refractivity contribution in [3.05, 3.63) is 11.6 Å². The Labute approximate surface area is 183 Å². The molecule has 8 atom stereocenters. The average molecular weight is 417 g/mol. The van der Waals surface area contributed by atoms with Crippen LogP contribution in [0.3, 0.4) is 0 Å². The van der Waals surface area contributed by atoms with Crippen LogP contribution in [0.4, 0.5) is 0 Å². The molecule has 4 aliphatic carbocycles. The molecule has 0 aliphatic heterocycles. The van der Waals surface area contributed by atoms with E-state index in [2.05, 4.69) is 27.7 Å². The summed E-state index contributed by atoms with van der Waals surface area (Å²) in [6, 6.07) is 0. The summed E-state index contributed by atoms with van der Waals surface area (Å²) in [5, 5.41) is 20.7. The fraction of sp³-hybridized carbons (Fsp3) is 0.889. The molecule has 4 rings (SSSR count). The predicted molar refractivity (Wildman–Crippen MR) is 121 cm³/mol. The number of aliphatic hydroxyl groups is 2. The molecule has 30 heavy (non-hydrogen) atoms. The number of hydrogen-bond acceptors (Lipinski definition) is 3. The third kappa shape index (κ3) is 3.52. The number of hydrogen-bond donors (Lipinski definition) is 2. The van der Waals surface area contributed by atoms with Crippen molar-refractivity contribution in [3.8, 4) is 0 Å².